The van der Waals surface area contributed by atoms with Gasteiger partial charge in [-0.3, -0.25) is 14.7 Å². The van der Waals surface area contributed by atoms with Gasteiger partial charge in [-0.25, -0.2) is 0 Å². The Morgan fingerprint density at radius 2 is 2.04 bits per heavy atom. The number of carbonyl (C=O) groups excluding carboxylic acids is 2. The predicted octanol–water partition coefficient (Wildman–Crippen LogP) is 1.54. The quantitative estimate of drug-likeness (QED) is 0.876. The van der Waals surface area contributed by atoms with Crippen LogP contribution in [0.25, 0.3) is 0 Å². The molecular weight excluding hydrogens is 356 g/mol. The summed E-state index contributed by atoms with van der Waals surface area (Å²) in [6, 6.07) is 9.87. The summed E-state index contributed by atoms with van der Waals surface area (Å²) in [7, 11) is 0. The maximum absolute atomic E-state index is 13.1. The smallest absolute Gasteiger partial charge is 0.274 e. The summed E-state index contributed by atoms with van der Waals surface area (Å²) in [5, 5.41) is 7.30. The first-order chi connectivity index (χ1) is 13.7. The molecule has 0 unspecified atom stereocenters. The molecule has 146 valence electrons. The average molecular weight is 380 g/mol. The Hall–Kier alpha value is -2.67. The summed E-state index contributed by atoms with van der Waals surface area (Å²) in [4.78, 5) is 29.6. The van der Waals surface area contributed by atoms with Crippen LogP contribution in [-0.4, -0.2) is 63.7 Å². The van der Waals surface area contributed by atoms with Crippen molar-refractivity contribution >= 4 is 11.8 Å². The van der Waals surface area contributed by atoms with E-state index in [4.69, 9.17) is 4.74 Å². The molecule has 0 bridgehead atoms. The van der Waals surface area contributed by atoms with E-state index in [-0.39, 0.29) is 24.0 Å². The van der Waals surface area contributed by atoms with E-state index in [1.54, 1.807) is 4.90 Å². The number of aryl methyl sites for hydroxylation is 1. The SMILES string of the molecule is O=C(c1n[nH]c2c1CCC2)N1C[C@@H]2OCCC(=O)N(Cc3ccccc3)[C@H]2C1. The fourth-order valence-corrected chi connectivity index (χ4v) is 4.64. The number of H-pyrrole nitrogens is 1. The molecule has 1 aliphatic carbocycles. The van der Waals surface area contributed by atoms with Crippen molar-refractivity contribution < 1.29 is 14.3 Å². The molecule has 0 spiro atoms. The van der Waals surface area contributed by atoms with Crippen LogP contribution >= 0.6 is 0 Å². The lowest BCUT2D eigenvalue weighted by molar-refractivity contribution is -0.133. The molecule has 3 heterocycles. The molecule has 2 atom stereocenters. The molecule has 1 aromatic heterocycles. The van der Waals surface area contributed by atoms with Gasteiger partial charge in [-0.15, -0.1) is 0 Å². The molecule has 7 nitrogen and oxygen atoms in total. The lowest BCUT2D eigenvalue weighted by Crippen LogP contribution is -2.45. The summed E-state index contributed by atoms with van der Waals surface area (Å²) in [6.45, 7) is 1.95. The van der Waals surface area contributed by atoms with Crippen molar-refractivity contribution in [2.75, 3.05) is 19.7 Å². The van der Waals surface area contributed by atoms with Crippen LogP contribution in [0.2, 0.25) is 0 Å². The Balaban J connectivity index is 1.37. The molecule has 5 rings (SSSR count). The number of nitrogens with zero attached hydrogens (tertiary/aromatic N) is 3. The van der Waals surface area contributed by atoms with E-state index in [2.05, 4.69) is 10.2 Å². The van der Waals surface area contributed by atoms with Crippen LogP contribution in [0, 0.1) is 0 Å². The van der Waals surface area contributed by atoms with E-state index in [0.29, 0.717) is 38.4 Å². The van der Waals surface area contributed by atoms with Crippen molar-refractivity contribution in [3.8, 4) is 0 Å². The lowest BCUT2D eigenvalue weighted by atomic mass is 10.1. The van der Waals surface area contributed by atoms with Gasteiger partial charge in [-0.2, -0.15) is 5.10 Å². The number of rotatable bonds is 3. The van der Waals surface area contributed by atoms with Crippen molar-refractivity contribution in [1.82, 2.24) is 20.0 Å². The van der Waals surface area contributed by atoms with Gasteiger partial charge in [0, 0.05) is 30.9 Å². The number of fused-ring (bicyclic) bond motifs is 2. The normalized spacial score (nSPS) is 24.2. The van der Waals surface area contributed by atoms with Crippen molar-refractivity contribution in [2.45, 2.75) is 44.4 Å². The first-order valence-electron chi connectivity index (χ1n) is 10.0. The van der Waals surface area contributed by atoms with Gasteiger partial charge in [0.15, 0.2) is 5.69 Å². The summed E-state index contributed by atoms with van der Waals surface area (Å²) in [5.41, 5.74) is 3.79. The monoisotopic (exact) mass is 380 g/mol. The summed E-state index contributed by atoms with van der Waals surface area (Å²) in [5.74, 6) is 0.0366. The highest BCUT2D eigenvalue weighted by Gasteiger charge is 2.44. The Morgan fingerprint density at radius 3 is 2.89 bits per heavy atom. The molecule has 2 aliphatic heterocycles. The van der Waals surface area contributed by atoms with Gasteiger partial charge in [-0.05, 0) is 24.8 Å². The van der Waals surface area contributed by atoms with Gasteiger partial charge in [-0.1, -0.05) is 30.3 Å². The molecular formula is C21H24N4O3. The number of nitrogens with one attached hydrogen (secondary N) is 1. The van der Waals surface area contributed by atoms with Crippen molar-refractivity contribution in [3.05, 3.63) is 52.8 Å². The number of carbonyl (C=O) groups is 2. The van der Waals surface area contributed by atoms with Gasteiger partial charge in [0.25, 0.3) is 5.91 Å². The minimum Gasteiger partial charge on any atom is -0.374 e. The van der Waals surface area contributed by atoms with Gasteiger partial charge in [0.2, 0.25) is 5.91 Å². The number of aromatic amines is 1. The standard InChI is InChI=1S/C21H24N4O3/c26-19-9-10-28-18-13-24(21(27)20-15-7-4-8-16(15)22-23-20)12-17(18)25(19)11-14-5-2-1-3-6-14/h1-3,5-6,17-18H,4,7-13H2,(H,22,23)/t17-,18-/m0/s1. The Kier molecular flexibility index (Phi) is 4.39. The third kappa shape index (κ3) is 2.99. The van der Waals surface area contributed by atoms with Crippen LogP contribution in [0.15, 0.2) is 30.3 Å². The molecule has 3 aliphatic rings. The number of amides is 2. The van der Waals surface area contributed by atoms with E-state index in [0.717, 1.165) is 36.1 Å². The fourth-order valence-electron chi connectivity index (χ4n) is 4.64. The van der Waals surface area contributed by atoms with E-state index < -0.39 is 0 Å². The maximum Gasteiger partial charge on any atom is 0.274 e. The second-order valence-electron chi connectivity index (χ2n) is 7.83. The van der Waals surface area contributed by atoms with E-state index >= 15 is 0 Å². The highest BCUT2D eigenvalue weighted by Crippen LogP contribution is 2.28. The maximum atomic E-state index is 13.1. The molecule has 1 aromatic carbocycles. The van der Waals surface area contributed by atoms with Gasteiger partial charge in [0.1, 0.15) is 0 Å². The molecule has 28 heavy (non-hydrogen) atoms. The van der Waals surface area contributed by atoms with Gasteiger partial charge in [0.05, 0.1) is 25.2 Å². The molecule has 0 saturated carbocycles. The zero-order valence-electron chi connectivity index (χ0n) is 15.8. The predicted molar refractivity (Wildman–Crippen MR) is 102 cm³/mol. The molecule has 1 N–H and O–H groups in total. The number of hydrogen-bond acceptors (Lipinski definition) is 4. The second kappa shape index (κ2) is 7.05. The number of likely N-dealkylation sites (tertiary alicyclic amines) is 1. The van der Waals surface area contributed by atoms with Crippen LogP contribution in [0.1, 0.15) is 40.2 Å². The van der Waals surface area contributed by atoms with Crippen LogP contribution < -0.4 is 0 Å². The molecule has 2 aromatic rings. The van der Waals surface area contributed by atoms with Crippen LogP contribution in [0.3, 0.4) is 0 Å². The van der Waals surface area contributed by atoms with Crippen LogP contribution in [0.4, 0.5) is 0 Å². The Bertz CT molecular complexity index is 894. The number of benzene rings is 1. The average Bonchev–Trinajstić information content (AvgIpc) is 3.40. The highest BCUT2D eigenvalue weighted by atomic mass is 16.5. The van der Waals surface area contributed by atoms with Gasteiger partial charge < -0.3 is 14.5 Å². The zero-order valence-corrected chi connectivity index (χ0v) is 15.8. The van der Waals surface area contributed by atoms with E-state index in [9.17, 15) is 9.59 Å². The highest BCUT2D eigenvalue weighted by molar-refractivity contribution is 5.94. The largest absolute Gasteiger partial charge is 0.374 e. The summed E-state index contributed by atoms with van der Waals surface area (Å²) in [6.07, 6.45) is 3.18. The molecule has 2 fully saturated rings. The Labute approximate surface area is 163 Å². The van der Waals surface area contributed by atoms with E-state index in [1.165, 1.54) is 0 Å². The first kappa shape index (κ1) is 17.4. The molecule has 2 saturated heterocycles. The number of hydrogen-bond donors (Lipinski definition) is 1. The number of aromatic nitrogens is 2. The lowest BCUT2D eigenvalue weighted by Gasteiger charge is -2.29. The van der Waals surface area contributed by atoms with Crippen molar-refractivity contribution in [3.63, 3.8) is 0 Å². The third-order valence-electron chi connectivity index (χ3n) is 6.10. The topological polar surface area (TPSA) is 78.5 Å². The van der Waals surface area contributed by atoms with Gasteiger partial charge >= 0.3 is 0 Å². The van der Waals surface area contributed by atoms with E-state index in [1.807, 2.05) is 35.2 Å². The van der Waals surface area contributed by atoms with Crippen LogP contribution in [0.5, 0.6) is 0 Å². The summed E-state index contributed by atoms with van der Waals surface area (Å²) >= 11 is 0. The second-order valence-corrected chi connectivity index (χ2v) is 7.83. The minimum absolute atomic E-state index is 0.0526. The first-order valence-corrected chi connectivity index (χ1v) is 10.0. The summed E-state index contributed by atoms with van der Waals surface area (Å²) < 4.78 is 5.97. The van der Waals surface area contributed by atoms with Crippen molar-refractivity contribution in [2.24, 2.45) is 0 Å². The molecule has 7 heteroatoms. The Morgan fingerprint density at radius 1 is 1.18 bits per heavy atom. The minimum atomic E-state index is -0.147. The number of ether oxygens (including phenoxy) is 1. The molecule has 0 radical (unpaired) electrons. The zero-order chi connectivity index (χ0) is 19.1. The fraction of sp³-hybridized carbons (Fsp3) is 0.476. The third-order valence-corrected chi connectivity index (χ3v) is 6.10. The van der Waals surface area contributed by atoms with Crippen LogP contribution in [-0.2, 0) is 28.9 Å². The van der Waals surface area contributed by atoms with Crippen molar-refractivity contribution in [1.29, 1.82) is 0 Å². The molecule has 2 amide bonds.